The van der Waals surface area contributed by atoms with Gasteiger partial charge in [0, 0.05) is 57.1 Å². The molecule has 0 atom stereocenters. The number of aromatic nitrogens is 2. The Morgan fingerprint density at radius 2 is 1.84 bits per heavy atom. The zero-order valence-corrected chi connectivity index (χ0v) is 22.1. The van der Waals surface area contributed by atoms with Crippen molar-refractivity contribution in [2.45, 2.75) is 0 Å². The second-order valence-electron chi connectivity index (χ2n) is 8.88. The first-order valence-electron chi connectivity index (χ1n) is 12.1. The Morgan fingerprint density at radius 1 is 1.08 bits per heavy atom. The predicted octanol–water partition coefficient (Wildman–Crippen LogP) is 3.67. The number of para-hydroxylation sites is 1. The van der Waals surface area contributed by atoms with Crippen molar-refractivity contribution in [2.24, 2.45) is 10.7 Å². The summed E-state index contributed by atoms with van der Waals surface area (Å²) in [5.74, 6) is 2.52. The number of nitrogens with zero attached hydrogens (tertiary/aromatic N) is 6. The number of aliphatic imine (C=N–C) groups is 1. The van der Waals surface area contributed by atoms with Crippen molar-refractivity contribution in [3.05, 3.63) is 59.6 Å². The predicted molar refractivity (Wildman–Crippen MR) is 149 cm³/mol. The maximum absolute atomic E-state index is 6.40. The van der Waals surface area contributed by atoms with Crippen molar-refractivity contribution in [3.63, 3.8) is 0 Å². The summed E-state index contributed by atoms with van der Waals surface area (Å²) < 4.78 is 11.3. The molecular weight excluding hydrogens is 492 g/mol. The number of piperazine rings is 1. The molecular formula is C26H33ClN8O2. The van der Waals surface area contributed by atoms with Crippen molar-refractivity contribution < 1.29 is 9.47 Å². The van der Waals surface area contributed by atoms with E-state index in [4.69, 9.17) is 26.8 Å². The van der Waals surface area contributed by atoms with Crippen LogP contribution in [-0.4, -0.2) is 86.2 Å². The Hall–Kier alpha value is -3.60. The van der Waals surface area contributed by atoms with Crippen LogP contribution in [0.15, 0.2) is 59.6 Å². The number of likely N-dealkylation sites (N-methyl/N-ethyl adjacent to an activating group) is 1. The standard InChI is InChI=1S/C26H33ClN8O2/c1-33(2)11-12-34-13-15-35(16-14-34)26-31-23(30-25(28)29-19-7-5-4-6-8-19)18-24(32-26)37-22-10-9-20(36-3)17-21(22)27/h4-10,17-18H,11-16H2,1-3H3,(H3,28,29,30,31,32). The van der Waals surface area contributed by atoms with Crippen LogP contribution in [0.4, 0.5) is 17.5 Å². The summed E-state index contributed by atoms with van der Waals surface area (Å²) in [6.07, 6.45) is 0. The van der Waals surface area contributed by atoms with Gasteiger partial charge in [-0.2, -0.15) is 15.0 Å². The zero-order valence-electron chi connectivity index (χ0n) is 21.4. The monoisotopic (exact) mass is 524 g/mol. The number of methoxy groups -OCH3 is 1. The Bertz CT molecular complexity index is 1200. The molecule has 196 valence electrons. The van der Waals surface area contributed by atoms with E-state index in [1.54, 1.807) is 31.4 Å². The second-order valence-corrected chi connectivity index (χ2v) is 9.29. The Kier molecular flexibility index (Phi) is 8.99. The van der Waals surface area contributed by atoms with Gasteiger partial charge >= 0.3 is 0 Å². The molecule has 0 spiro atoms. The van der Waals surface area contributed by atoms with Crippen LogP contribution in [0.5, 0.6) is 17.4 Å². The number of anilines is 2. The van der Waals surface area contributed by atoms with Crippen LogP contribution in [0.3, 0.4) is 0 Å². The lowest BCUT2D eigenvalue weighted by Gasteiger charge is -2.35. The summed E-state index contributed by atoms with van der Waals surface area (Å²) in [6.45, 7) is 5.47. The molecule has 4 rings (SSSR count). The van der Waals surface area contributed by atoms with Crippen molar-refractivity contribution in [2.75, 3.05) is 70.7 Å². The van der Waals surface area contributed by atoms with Crippen molar-refractivity contribution >= 4 is 35.0 Å². The minimum absolute atomic E-state index is 0.206. The van der Waals surface area contributed by atoms with E-state index < -0.39 is 0 Å². The minimum atomic E-state index is 0.206. The van der Waals surface area contributed by atoms with Gasteiger partial charge in [0.2, 0.25) is 11.8 Å². The topological polar surface area (TPSA) is 104 Å². The smallest absolute Gasteiger partial charge is 0.230 e. The highest BCUT2D eigenvalue weighted by Gasteiger charge is 2.21. The van der Waals surface area contributed by atoms with Crippen LogP contribution in [0, 0.1) is 0 Å². The number of halogens is 1. The third-order valence-electron chi connectivity index (χ3n) is 5.83. The molecule has 0 saturated carbocycles. The van der Waals surface area contributed by atoms with Gasteiger partial charge in [-0.05, 0) is 38.4 Å². The van der Waals surface area contributed by atoms with E-state index in [0.717, 1.165) is 45.0 Å². The summed E-state index contributed by atoms with van der Waals surface area (Å²) in [4.78, 5) is 20.6. The van der Waals surface area contributed by atoms with E-state index in [1.165, 1.54) is 0 Å². The van der Waals surface area contributed by atoms with E-state index >= 15 is 0 Å². The van der Waals surface area contributed by atoms with Crippen molar-refractivity contribution in [3.8, 4) is 17.4 Å². The fourth-order valence-electron chi connectivity index (χ4n) is 3.79. The van der Waals surface area contributed by atoms with Crippen LogP contribution in [-0.2, 0) is 0 Å². The molecule has 1 fully saturated rings. The second kappa shape index (κ2) is 12.6. The molecule has 0 radical (unpaired) electrons. The fraction of sp³-hybridized carbons (Fsp3) is 0.346. The molecule has 1 saturated heterocycles. The quantitative estimate of drug-likeness (QED) is 0.320. The first-order valence-corrected chi connectivity index (χ1v) is 12.5. The lowest BCUT2D eigenvalue weighted by molar-refractivity contribution is 0.228. The fourth-order valence-corrected chi connectivity index (χ4v) is 4.00. The van der Waals surface area contributed by atoms with Gasteiger partial charge in [0.15, 0.2) is 11.8 Å². The summed E-state index contributed by atoms with van der Waals surface area (Å²) in [6, 6.07) is 16.4. The van der Waals surface area contributed by atoms with Crippen molar-refractivity contribution in [1.82, 2.24) is 19.8 Å². The highest BCUT2D eigenvalue weighted by Crippen LogP contribution is 2.33. The van der Waals surface area contributed by atoms with Crippen LogP contribution in [0.25, 0.3) is 0 Å². The molecule has 3 aromatic rings. The summed E-state index contributed by atoms with van der Waals surface area (Å²) in [5, 5.41) is 3.48. The normalized spacial score (nSPS) is 14.6. The number of ether oxygens (including phenoxy) is 2. The van der Waals surface area contributed by atoms with E-state index in [2.05, 4.69) is 49.1 Å². The number of rotatable bonds is 9. The number of guanidine groups is 1. The van der Waals surface area contributed by atoms with Gasteiger partial charge in [0.05, 0.1) is 12.1 Å². The highest BCUT2D eigenvalue weighted by molar-refractivity contribution is 6.32. The Morgan fingerprint density at radius 3 is 2.51 bits per heavy atom. The van der Waals surface area contributed by atoms with Gasteiger partial charge in [-0.15, -0.1) is 0 Å². The summed E-state index contributed by atoms with van der Waals surface area (Å²) >= 11 is 6.40. The van der Waals surface area contributed by atoms with Gasteiger partial charge in [-0.25, -0.2) is 0 Å². The first-order chi connectivity index (χ1) is 17.9. The molecule has 0 bridgehead atoms. The number of nitrogens with one attached hydrogen (secondary N) is 1. The third-order valence-corrected chi connectivity index (χ3v) is 6.13. The van der Waals surface area contributed by atoms with Gasteiger partial charge in [0.1, 0.15) is 11.5 Å². The molecule has 11 heteroatoms. The average molecular weight is 525 g/mol. The number of hydrogen-bond acceptors (Lipinski definition) is 8. The molecule has 1 aliphatic heterocycles. The Labute approximate surface area is 222 Å². The van der Waals surface area contributed by atoms with Gasteiger partial charge < -0.3 is 30.3 Å². The largest absolute Gasteiger partial charge is 0.497 e. The lowest BCUT2D eigenvalue weighted by Crippen LogP contribution is -2.48. The maximum atomic E-state index is 6.40. The van der Waals surface area contributed by atoms with Gasteiger partial charge in [0.25, 0.3) is 0 Å². The van der Waals surface area contributed by atoms with Crippen LogP contribution in [0.1, 0.15) is 0 Å². The summed E-state index contributed by atoms with van der Waals surface area (Å²) in [7, 11) is 5.76. The summed E-state index contributed by atoms with van der Waals surface area (Å²) in [5.41, 5.74) is 7.01. The lowest BCUT2D eigenvalue weighted by atomic mass is 10.3. The molecule has 10 nitrogen and oxygen atoms in total. The molecule has 1 aromatic heterocycles. The molecule has 0 amide bonds. The zero-order chi connectivity index (χ0) is 26.2. The highest BCUT2D eigenvalue weighted by atomic mass is 35.5. The number of benzene rings is 2. The third kappa shape index (κ3) is 7.69. The average Bonchev–Trinajstić information content (AvgIpc) is 2.89. The van der Waals surface area contributed by atoms with Crippen LogP contribution < -0.4 is 25.4 Å². The molecule has 2 heterocycles. The number of nitrogens with two attached hydrogens (primary N) is 1. The van der Waals surface area contributed by atoms with Gasteiger partial charge in [-0.3, -0.25) is 4.90 Å². The SMILES string of the molecule is COc1ccc(Oc2cc(/N=C(/N)Nc3ccccc3)nc(N3CCN(CCN(C)C)CC3)n2)c(Cl)c1. The molecule has 3 N–H and O–H groups in total. The Balaban J connectivity index is 1.57. The van der Waals surface area contributed by atoms with Crippen LogP contribution >= 0.6 is 11.6 Å². The van der Waals surface area contributed by atoms with Crippen LogP contribution in [0.2, 0.25) is 5.02 Å². The van der Waals surface area contributed by atoms with E-state index in [9.17, 15) is 0 Å². The maximum Gasteiger partial charge on any atom is 0.230 e. The molecule has 37 heavy (non-hydrogen) atoms. The molecule has 2 aromatic carbocycles. The molecule has 1 aliphatic rings. The minimum Gasteiger partial charge on any atom is -0.497 e. The van der Waals surface area contributed by atoms with E-state index in [-0.39, 0.29) is 5.96 Å². The van der Waals surface area contributed by atoms with Crippen molar-refractivity contribution in [1.29, 1.82) is 0 Å². The number of hydrogen-bond donors (Lipinski definition) is 2. The van der Waals surface area contributed by atoms with Gasteiger partial charge in [-0.1, -0.05) is 29.8 Å². The molecule has 0 aliphatic carbocycles. The van der Waals surface area contributed by atoms with E-state index in [0.29, 0.717) is 34.2 Å². The van der Waals surface area contributed by atoms with E-state index in [1.807, 2.05) is 30.3 Å². The first kappa shape index (κ1) is 26.5. The molecule has 0 unspecified atom stereocenters.